The summed E-state index contributed by atoms with van der Waals surface area (Å²) in [6.07, 6.45) is 15.7. The van der Waals surface area contributed by atoms with Gasteiger partial charge in [-0.15, -0.1) is 0 Å². The first-order chi connectivity index (χ1) is 46.9. The highest BCUT2D eigenvalue weighted by Gasteiger charge is 2.50. The van der Waals surface area contributed by atoms with Crippen LogP contribution in [0, 0.1) is 5.82 Å². The third-order valence-electron chi connectivity index (χ3n) is 17.5. The molecule has 510 valence electrons. The summed E-state index contributed by atoms with van der Waals surface area (Å²) in [5.74, 6) is -0.702. The highest BCUT2D eigenvalue weighted by atomic mass is 19.1. The normalized spacial score (nSPS) is 17.2. The maximum absolute atomic E-state index is 14.8. The molecule has 0 aromatic heterocycles. The minimum absolute atomic E-state index is 0.0268. The van der Waals surface area contributed by atoms with Crippen LogP contribution in [0.4, 0.5) is 4.39 Å². The molecule has 0 bridgehead atoms. The van der Waals surface area contributed by atoms with Gasteiger partial charge in [-0.3, -0.25) is 9.59 Å². The Bertz CT molecular complexity index is 3080. The van der Waals surface area contributed by atoms with E-state index in [0.717, 1.165) is 84.7 Å². The maximum atomic E-state index is 14.8. The quantitative estimate of drug-likeness (QED) is 0.0355. The molecule has 8 rings (SSSR count). The van der Waals surface area contributed by atoms with Crippen LogP contribution in [0.1, 0.15) is 179 Å². The molecule has 0 radical (unpaired) electrons. The van der Waals surface area contributed by atoms with Gasteiger partial charge in [0, 0.05) is 18.5 Å². The van der Waals surface area contributed by atoms with Crippen molar-refractivity contribution < 1.29 is 51.9 Å². The number of carbonyl (C=O) groups is 2. The Hall–Kier alpha value is -6.91. The first kappa shape index (κ1) is 73.9. The first-order valence-electron chi connectivity index (χ1n) is 35.4. The number of benzene rings is 7. The van der Waals surface area contributed by atoms with E-state index in [1.165, 1.54) is 82.1 Å². The fourth-order valence-electron chi connectivity index (χ4n) is 12.2. The summed E-state index contributed by atoms with van der Waals surface area (Å²) >= 11 is 0. The number of ether oxygens (including phenoxy) is 8. The Labute approximate surface area is 566 Å². The summed E-state index contributed by atoms with van der Waals surface area (Å²) in [5, 5.41) is 6.45. The van der Waals surface area contributed by atoms with E-state index in [4.69, 9.17) is 37.9 Å². The van der Waals surface area contributed by atoms with Gasteiger partial charge in [0.1, 0.15) is 36.3 Å². The third kappa shape index (κ3) is 28.4. The van der Waals surface area contributed by atoms with Crippen molar-refractivity contribution in [2.75, 3.05) is 19.8 Å². The lowest BCUT2D eigenvalue weighted by molar-refractivity contribution is -0.330. The van der Waals surface area contributed by atoms with Crippen molar-refractivity contribution in [1.82, 2.24) is 10.6 Å². The second-order valence-corrected chi connectivity index (χ2v) is 25.2. The molecular formula is C82H105FN2O10. The van der Waals surface area contributed by atoms with Crippen LogP contribution in [0.15, 0.2) is 206 Å². The third-order valence-corrected chi connectivity index (χ3v) is 17.5. The van der Waals surface area contributed by atoms with Gasteiger partial charge >= 0.3 is 0 Å². The van der Waals surface area contributed by atoms with Gasteiger partial charge in [0.25, 0.3) is 5.91 Å². The molecule has 95 heavy (non-hydrogen) atoms. The van der Waals surface area contributed by atoms with Crippen molar-refractivity contribution in [3.8, 4) is 0 Å². The summed E-state index contributed by atoms with van der Waals surface area (Å²) in [6.45, 7) is 4.67. The average molecular weight is 1300 g/mol. The summed E-state index contributed by atoms with van der Waals surface area (Å²) in [7, 11) is 0. The van der Waals surface area contributed by atoms with E-state index in [2.05, 4.69) is 41.8 Å². The Morgan fingerprint density at radius 2 is 0.863 bits per heavy atom. The zero-order valence-electron chi connectivity index (χ0n) is 56.2. The van der Waals surface area contributed by atoms with E-state index in [1.807, 2.05) is 158 Å². The van der Waals surface area contributed by atoms with Crippen molar-refractivity contribution in [2.24, 2.45) is 0 Å². The molecule has 7 aromatic carbocycles. The van der Waals surface area contributed by atoms with E-state index >= 15 is 0 Å². The predicted molar refractivity (Wildman–Crippen MR) is 374 cm³/mol. The van der Waals surface area contributed by atoms with Gasteiger partial charge in [-0.1, -0.05) is 292 Å². The molecule has 1 heterocycles. The Morgan fingerprint density at radius 3 is 1.37 bits per heavy atom. The van der Waals surface area contributed by atoms with E-state index in [1.54, 1.807) is 0 Å². The van der Waals surface area contributed by atoms with Crippen molar-refractivity contribution in [1.29, 1.82) is 0 Å². The molecule has 8 atom stereocenters. The first-order valence-corrected chi connectivity index (χ1v) is 35.4. The Balaban J connectivity index is 1.07. The number of carbonyl (C=O) groups excluding carboxylic acids is 2. The van der Waals surface area contributed by atoms with Gasteiger partial charge in [0.2, 0.25) is 5.91 Å². The van der Waals surface area contributed by atoms with Crippen molar-refractivity contribution >= 4 is 11.8 Å². The summed E-state index contributed by atoms with van der Waals surface area (Å²) in [5.41, 5.74) is 6.44. The van der Waals surface area contributed by atoms with Gasteiger partial charge in [-0.25, -0.2) is 4.39 Å². The summed E-state index contributed by atoms with van der Waals surface area (Å²) < 4.78 is 70.2. The Morgan fingerprint density at radius 1 is 0.442 bits per heavy atom. The lowest BCUT2D eigenvalue weighted by Gasteiger charge is -2.46. The number of nitrogens with one attached hydrogen (secondary N) is 2. The van der Waals surface area contributed by atoms with Gasteiger partial charge in [-0.2, -0.15) is 0 Å². The van der Waals surface area contributed by atoms with E-state index in [9.17, 15) is 14.0 Å². The Kier molecular flexibility index (Phi) is 34.8. The second-order valence-electron chi connectivity index (χ2n) is 25.2. The molecule has 0 spiro atoms. The summed E-state index contributed by atoms with van der Waals surface area (Å²) in [4.78, 5) is 27.4. The monoisotopic (exact) mass is 1300 g/mol. The minimum Gasteiger partial charge on any atom is -0.374 e. The average Bonchev–Trinajstić information content (AvgIpc) is 0.862. The van der Waals surface area contributed by atoms with Crippen LogP contribution in [0.5, 0.6) is 0 Å². The molecular weight excluding hydrogens is 1190 g/mol. The number of rotatable bonds is 48. The highest BCUT2D eigenvalue weighted by Crippen LogP contribution is 2.33. The largest absolute Gasteiger partial charge is 0.374 e. The van der Waals surface area contributed by atoms with Gasteiger partial charge in [0.15, 0.2) is 6.29 Å². The zero-order valence-corrected chi connectivity index (χ0v) is 56.2. The molecule has 1 aliphatic heterocycles. The van der Waals surface area contributed by atoms with E-state index in [0.29, 0.717) is 44.6 Å². The molecule has 1 fully saturated rings. The fourth-order valence-corrected chi connectivity index (χ4v) is 12.2. The smallest absolute Gasteiger partial charge is 0.251 e. The SMILES string of the molecule is CCCCCCCCCCCCCCC(OCc1ccccc1)C(OCc1ccccc1)C(CO[C@H]1O[C@H](COCc2ccccc2)[C@H](OCc2ccccc2)[C@H](OCc2ccccc2)[C@H]1OCc1ccccc1)NC(=O)CCCCCCCCNC(=O)c1ccc(F)cc1. The lowest BCUT2D eigenvalue weighted by Crippen LogP contribution is -2.62. The standard InChI is InChI=1S/C82H105FN2O10/c1-2-3-4-5-6-7-8-9-10-11-14-35-50-74(89-58-66-40-25-18-26-41-66)77(90-59-67-42-27-19-28-43-67)73(85-76(86)51-36-15-12-13-16-37-56-84-81(87)71-52-54-72(83)55-53-71)63-94-82-80(93-62-70-48-33-22-34-49-70)79(92-61-69-46-31-21-32-47-69)78(91-60-68-44-29-20-30-45-68)75(95-82)64-88-57-65-38-23-17-24-39-65/h17-34,38-49,52-55,73-75,77-80,82H,2-16,35-37,50-51,56-64H2,1H3,(H,84,87)(H,85,86)/t73?,74?,75-,77?,78+,79+,80-,82+/m1/s1. The summed E-state index contributed by atoms with van der Waals surface area (Å²) in [6, 6.07) is 65.6. The predicted octanol–water partition coefficient (Wildman–Crippen LogP) is 17.7. The van der Waals surface area contributed by atoms with Crippen LogP contribution >= 0.6 is 0 Å². The fraction of sp³-hybridized carbons (Fsp3) is 0.463. The topological polar surface area (TPSA) is 132 Å². The highest BCUT2D eigenvalue weighted by molar-refractivity contribution is 5.94. The lowest BCUT2D eigenvalue weighted by atomic mass is 9.97. The molecule has 7 aromatic rings. The number of unbranched alkanes of at least 4 members (excludes halogenated alkanes) is 16. The van der Waals surface area contributed by atoms with Crippen LogP contribution in [0.3, 0.4) is 0 Å². The van der Waals surface area contributed by atoms with Crippen LogP contribution in [-0.2, 0) is 82.3 Å². The maximum Gasteiger partial charge on any atom is 0.251 e. The molecule has 1 saturated heterocycles. The van der Waals surface area contributed by atoms with Gasteiger partial charge in [0.05, 0.1) is 65.0 Å². The van der Waals surface area contributed by atoms with Crippen LogP contribution in [0.25, 0.3) is 0 Å². The van der Waals surface area contributed by atoms with Gasteiger partial charge in [-0.05, 0) is 76.9 Å². The molecule has 2 N–H and O–H groups in total. The number of amides is 2. The van der Waals surface area contributed by atoms with Crippen LogP contribution < -0.4 is 10.6 Å². The van der Waals surface area contributed by atoms with Crippen molar-refractivity contribution in [3.05, 3.63) is 251 Å². The van der Waals surface area contributed by atoms with Crippen molar-refractivity contribution in [3.63, 3.8) is 0 Å². The number of halogens is 1. The van der Waals surface area contributed by atoms with Crippen molar-refractivity contribution in [2.45, 2.75) is 224 Å². The van der Waals surface area contributed by atoms with Crippen LogP contribution in [0.2, 0.25) is 0 Å². The molecule has 3 unspecified atom stereocenters. The number of hydrogen-bond donors (Lipinski definition) is 2. The molecule has 0 aliphatic carbocycles. The van der Waals surface area contributed by atoms with E-state index < -0.39 is 49.0 Å². The molecule has 1 aliphatic rings. The van der Waals surface area contributed by atoms with Gasteiger partial charge < -0.3 is 48.5 Å². The molecule has 13 heteroatoms. The second kappa shape index (κ2) is 44.8. The molecule has 12 nitrogen and oxygen atoms in total. The zero-order chi connectivity index (χ0) is 66.0. The minimum atomic E-state index is -1.05. The molecule has 0 saturated carbocycles. The number of hydrogen-bond acceptors (Lipinski definition) is 10. The molecule has 2 amide bonds. The van der Waals surface area contributed by atoms with E-state index in [-0.39, 0.29) is 57.3 Å². The van der Waals surface area contributed by atoms with Crippen LogP contribution in [-0.4, -0.2) is 80.5 Å².